The first-order valence-electron chi connectivity index (χ1n) is 10.5. The Morgan fingerprint density at radius 1 is 1.03 bits per heavy atom. The van der Waals surface area contributed by atoms with Crippen molar-refractivity contribution in [3.8, 4) is 11.5 Å². The van der Waals surface area contributed by atoms with Gasteiger partial charge < -0.3 is 19.9 Å². The maximum absolute atomic E-state index is 13.2. The lowest BCUT2D eigenvalue weighted by Crippen LogP contribution is -2.27. The van der Waals surface area contributed by atoms with Crippen molar-refractivity contribution in [1.29, 1.82) is 0 Å². The van der Waals surface area contributed by atoms with Crippen molar-refractivity contribution >= 4 is 23.1 Å². The number of fused-ring (bicyclic) bond motifs is 2. The van der Waals surface area contributed by atoms with Gasteiger partial charge in [-0.3, -0.25) is 4.79 Å². The van der Waals surface area contributed by atoms with Crippen LogP contribution in [-0.2, 0) is 21.4 Å². The van der Waals surface area contributed by atoms with Crippen molar-refractivity contribution in [3.05, 3.63) is 58.7 Å². The molecule has 1 aliphatic heterocycles. The third-order valence-electron chi connectivity index (χ3n) is 6.54. The molecule has 1 heterocycles. The Morgan fingerprint density at radius 2 is 1.77 bits per heavy atom. The number of nitrogens with one attached hydrogen (secondary N) is 1. The van der Waals surface area contributed by atoms with Crippen LogP contribution in [0.5, 0.6) is 11.5 Å². The third kappa shape index (κ3) is 3.17. The molecule has 0 saturated heterocycles. The van der Waals surface area contributed by atoms with Crippen LogP contribution < -0.4 is 14.8 Å². The maximum Gasteiger partial charge on any atom is 0.336 e. The van der Waals surface area contributed by atoms with Crippen LogP contribution in [0.1, 0.15) is 50.3 Å². The molecule has 1 saturated carbocycles. The van der Waals surface area contributed by atoms with Gasteiger partial charge in [0.15, 0.2) is 11.5 Å². The third-order valence-corrected chi connectivity index (χ3v) is 6.54. The molecule has 2 N–H and O–H groups in total. The van der Waals surface area contributed by atoms with Gasteiger partial charge in [-0.05, 0) is 71.2 Å². The normalized spacial score (nSPS) is 18.0. The Bertz CT molecular complexity index is 1150. The van der Waals surface area contributed by atoms with Crippen LogP contribution in [0, 0.1) is 5.41 Å². The standard InChI is InChI=1S/C25H25NO5/c1-24(2,3)18-10-14-4-6-16(12-17(14)21(18)22(27)28)26-23(29)25(8-9-25)15-5-7-19-20(11-15)31-13-30-19/h4-7,11-12H,8-10,13H2,1-3H3,(H,26,29)(H,27,28). The molecule has 0 unspecified atom stereocenters. The van der Waals surface area contributed by atoms with Crippen molar-refractivity contribution < 1.29 is 24.2 Å². The van der Waals surface area contributed by atoms with Gasteiger partial charge in [0.2, 0.25) is 12.7 Å². The summed E-state index contributed by atoms with van der Waals surface area (Å²) >= 11 is 0. The molecule has 31 heavy (non-hydrogen) atoms. The van der Waals surface area contributed by atoms with E-state index in [-0.39, 0.29) is 18.1 Å². The van der Waals surface area contributed by atoms with Gasteiger partial charge in [0.05, 0.1) is 11.0 Å². The van der Waals surface area contributed by atoms with E-state index in [1.165, 1.54) is 0 Å². The van der Waals surface area contributed by atoms with E-state index in [4.69, 9.17) is 9.47 Å². The van der Waals surface area contributed by atoms with Crippen LogP contribution in [-0.4, -0.2) is 23.8 Å². The summed E-state index contributed by atoms with van der Waals surface area (Å²) in [5.74, 6) is 0.355. The highest BCUT2D eigenvalue weighted by atomic mass is 16.7. The van der Waals surface area contributed by atoms with Gasteiger partial charge in [0.1, 0.15) is 0 Å². The zero-order valence-corrected chi connectivity index (χ0v) is 17.9. The molecular weight excluding hydrogens is 394 g/mol. The molecule has 160 valence electrons. The molecule has 2 aliphatic carbocycles. The highest BCUT2D eigenvalue weighted by molar-refractivity contribution is 6.19. The average Bonchev–Trinajstić information content (AvgIpc) is 3.22. The summed E-state index contributed by atoms with van der Waals surface area (Å²) in [5, 5.41) is 12.9. The Morgan fingerprint density at radius 3 is 2.45 bits per heavy atom. The lowest BCUT2D eigenvalue weighted by atomic mass is 9.83. The fourth-order valence-corrected chi connectivity index (χ4v) is 4.58. The number of anilines is 1. The highest BCUT2D eigenvalue weighted by Crippen LogP contribution is 2.51. The van der Waals surface area contributed by atoms with E-state index in [1.54, 1.807) is 6.07 Å². The first-order valence-corrected chi connectivity index (χ1v) is 10.5. The van der Waals surface area contributed by atoms with E-state index in [1.807, 2.05) is 51.1 Å². The zero-order valence-electron chi connectivity index (χ0n) is 17.9. The van der Waals surface area contributed by atoms with Crippen molar-refractivity contribution in [2.45, 2.75) is 45.4 Å². The van der Waals surface area contributed by atoms with Crippen LogP contribution in [0.25, 0.3) is 5.57 Å². The average molecular weight is 419 g/mol. The van der Waals surface area contributed by atoms with Gasteiger partial charge in [-0.25, -0.2) is 4.79 Å². The Labute approximate surface area is 180 Å². The number of ether oxygens (including phenoxy) is 2. The minimum Gasteiger partial charge on any atom is -0.478 e. The Kier molecular flexibility index (Phi) is 4.19. The van der Waals surface area contributed by atoms with E-state index in [0.29, 0.717) is 34.7 Å². The number of carbonyl (C=O) groups excluding carboxylic acids is 1. The number of rotatable bonds is 4. The van der Waals surface area contributed by atoms with Crippen LogP contribution in [0.2, 0.25) is 0 Å². The fraction of sp³-hybridized carbons (Fsp3) is 0.360. The summed E-state index contributed by atoms with van der Waals surface area (Å²) in [6, 6.07) is 11.2. The van der Waals surface area contributed by atoms with E-state index >= 15 is 0 Å². The second-order valence-electron chi connectivity index (χ2n) is 9.56. The molecule has 2 aromatic carbocycles. The Hall–Kier alpha value is -3.28. The molecule has 0 spiro atoms. The number of hydrogen-bond acceptors (Lipinski definition) is 4. The second kappa shape index (κ2) is 6.61. The van der Waals surface area contributed by atoms with Crippen molar-refractivity contribution in [2.24, 2.45) is 5.41 Å². The molecule has 2 aromatic rings. The first kappa shape index (κ1) is 19.7. The minimum atomic E-state index is -0.925. The quantitative estimate of drug-likeness (QED) is 0.761. The summed E-state index contributed by atoms with van der Waals surface area (Å²) in [6.45, 7) is 6.29. The first-order chi connectivity index (χ1) is 14.7. The molecule has 6 nitrogen and oxygen atoms in total. The van der Waals surface area contributed by atoms with E-state index in [0.717, 1.165) is 29.5 Å². The molecule has 0 aromatic heterocycles. The van der Waals surface area contributed by atoms with Gasteiger partial charge in [-0.15, -0.1) is 0 Å². The number of amides is 1. The zero-order chi connectivity index (χ0) is 22.0. The topological polar surface area (TPSA) is 84.9 Å². The molecule has 1 fully saturated rings. The van der Waals surface area contributed by atoms with Crippen LogP contribution in [0.4, 0.5) is 5.69 Å². The lowest BCUT2D eigenvalue weighted by molar-refractivity contribution is -0.130. The van der Waals surface area contributed by atoms with E-state index in [9.17, 15) is 14.7 Å². The fourth-order valence-electron chi connectivity index (χ4n) is 4.58. The predicted octanol–water partition coefficient (Wildman–Crippen LogP) is 4.53. The number of benzene rings is 2. The van der Waals surface area contributed by atoms with Crippen LogP contribution in [0.3, 0.4) is 0 Å². The maximum atomic E-state index is 13.2. The number of hydrogen-bond donors (Lipinski definition) is 2. The smallest absolute Gasteiger partial charge is 0.336 e. The van der Waals surface area contributed by atoms with Crippen molar-refractivity contribution in [3.63, 3.8) is 0 Å². The van der Waals surface area contributed by atoms with Gasteiger partial charge in [-0.1, -0.05) is 32.9 Å². The molecule has 0 radical (unpaired) electrons. The number of carboxylic acid groups (broad SMARTS) is 1. The van der Waals surface area contributed by atoms with Gasteiger partial charge in [0, 0.05) is 5.69 Å². The molecule has 6 heteroatoms. The summed E-state index contributed by atoms with van der Waals surface area (Å²) in [7, 11) is 0. The van der Waals surface area contributed by atoms with Crippen molar-refractivity contribution in [2.75, 3.05) is 12.1 Å². The second-order valence-corrected chi connectivity index (χ2v) is 9.56. The largest absolute Gasteiger partial charge is 0.478 e. The molecule has 5 rings (SSSR count). The minimum absolute atomic E-state index is 0.0822. The summed E-state index contributed by atoms with van der Waals surface area (Å²) < 4.78 is 10.8. The SMILES string of the molecule is CC(C)(C)C1=C(C(=O)O)c2cc(NC(=O)C3(c4ccc5c(c4)OCO5)CC3)ccc2C1. The molecule has 0 bridgehead atoms. The lowest BCUT2D eigenvalue weighted by Gasteiger charge is -2.21. The van der Waals surface area contributed by atoms with Crippen LogP contribution in [0.15, 0.2) is 42.0 Å². The molecular formula is C25H25NO5. The summed E-state index contributed by atoms with van der Waals surface area (Å²) in [5.41, 5.74) is 3.66. The van der Waals surface area contributed by atoms with Gasteiger partial charge in [0.25, 0.3) is 0 Å². The van der Waals surface area contributed by atoms with E-state index < -0.39 is 11.4 Å². The Balaban J connectivity index is 1.43. The van der Waals surface area contributed by atoms with Gasteiger partial charge >= 0.3 is 5.97 Å². The van der Waals surface area contributed by atoms with Gasteiger partial charge in [-0.2, -0.15) is 0 Å². The molecule has 1 amide bonds. The highest BCUT2D eigenvalue weighted by Gasteiger charge is 2.51. The monoisotopic (exact) mass is 419 g/mol. The van der Waals surface area contributed by atoms with Crippen LogP contribution >= 0.6 is 0 Å². The summed E-state index contributed by atoms with van der Waals surface area (Å²) in [4.78, 5) is 25.3. The van der Waals surface area contributed by atoms with Crippen molar-refractivity contribution in [1.82, 2.24) is 0 Å². The molecule has 3 aliphatic rings. The number of aliphatic carboxylic acids is 1. The summed E-state index contributed by atoms with van der Waals surface area (Å²) in [6.07, 6.45) is 2.14. The molecule has 0 atom stereocenters. The number of carbonyl (C=O) groups is 2. The number of allylic oxidation sites excluding steroid dienone is 1. The predicted molar refractivity (Wildman–Crippen MR) is 116 cm³/mol. The van der Waals surface area contributed by atoms with E-state index in [2.05, 4.69) is 5.32 Å². The number of carboxylic acids is 1.